The fourth-order valence-corrected chi connectivity index (χ4v) is 3.08. The lowest BCUT2D eigenvalue weighted by Gasteiger charge is -2.31. The molecule has 1 N–H and O–H groups in total. The Morgan fingerprint density at radius 1 is 1.23 bits per heavy atom. The number of carbonyl (C=O) groups is 1. The van der Waals surface area contributed by atoms with Gasteiger partial charge in [-0.3, -0.25) is 4.79 Å². The van der Waals surface area contributed by atoms with Crippen molar-refractivity contribution in [2.24, 2.45) is 0 Å². The summed E-state index contributed by atoms with van der Waals surface area (Å²) in [6, 6.07) is 13.0. The molecule has 0 aliphatic carbocycles. The molecule has 1 aliphatic rings. The number of para-hydroxylation sites is 1. The van der Waals surface area contributed by atoms with Gasteiger partial charge in [0.15, 0.2) is 0 Å². The molecular weight excluding hydrogens is 335 g/mol. The second-order valence-corrected chi connectivity index (χ2v) is 5.96. The molecule has 4 rings (SSSR count). The second kappa shape index (κ2) is 6.59. The Morgan fingerprint density at radius 3 is 2.92 bits per heavy atom. The van der Waals surface area contributed by atoms with Crippen LogP contribution in [0.2, 0.25) is 0 Å². The minimum atomic E-state index is -0.568. The van der Waals surface area contributed by atoms with Gasteiger partial charge < -0.3 is 15.0 Å². The summed E-state index contributed by atoms with van der Waals surface area (Å²) in [6.45, 7) is 1.39. The van der Waals surface area contributed by atoms with E-state index in [0.29, 0.717) is 23.1 Å². The van der Waals surface area contributed by atoms with Gasteiger partial charge in [-0.2, -0.15) is 0 Å². The molecule has 3 aromatic rings. The lowest BCUT2D eigenvalue weighted by Crippen LogP contribution is -2.35. The quantitative estimate of drug-likeness (QED) is 0.780. The number of amides is 1. The van der Waals surface area contributed by atoms with Gasteiger partial charge in [0.05, 0.1) is 16.9 Å². The summed E-state index contributed by atoms with van der Waals surface area (Å²) in [7, 11) is 0. The third-order valence-corrected chi connectivity index (χ3v) is 4.13. The van der Waals surface area contributed by atoms with E-state index in [-0.39, 0.29) is 19.1 Å². The van der Waals surface area contributed by atoms with Crippen LogP contribution >= 0.6 is 0 Å². The number of nitrogens with one attached hydrogen (secondary N) is 1. The van der Waals surface area contributed by atoms with Crippen LogP contribution in [0.1, 0.15) is 5.82 Å². The van der Waals surface area contributed by atoms with Gasteiger partial charge >= 0.3 is 0 Å². The van der Waals surface area contributed by atoms with Gasteiger partial charge in [-0.1, -0.05) is 12.1 Å². The van der Waals surface area contributed by atoms with Gasteiger partial charge in [-0.25, -0.2) is 14.4 Å². The minimum absolute atomic E-state index is 0.0216. The largest absolute Gasteiger partial charge is 0.491 e. The van der Waals surface area contributed by atoms with Crippen molar-refractivity contribution in [3.05, 3.63) is 48.3 Å². The molecule has 1 aromatic heterocycles. The zero-order valence-electron chi connectivity index (χ0n) is 14.2. The van der Waals surface area contributed by atoms with E-state index in [1.807, 2.05) is 42.2 Å². The van der Waals surface area contributed by atoms with E-state index < -0.39 is 6.67 Å². The van der Waals surface area contributed by atoms with Crippen molar-refractivity contribution >= 4 is 34.0 Å². The van der Waals surface area contributed by atoms with E-state index in [1.165, 1.54) is 0 Å². The first-order chi connectivity index (χ1) is 12.7. The Labute approximate surface area is 149 Å². The molecule has 0 saturated carbocycles. The normalized spacial score (nSPS) is 13.5. The molecule has 0 fully saturated rings. The summed E-state index contributed by atoms with van der Waals surface area (Å²) in [5.74, 6) is 1.67. The third kappa shape index (κ3) is 2.92. The number of aryl methyl sites for hydroxylation is 1. The Morgan fingerprint density at radius 2 is 2.08 bits per heavy atom. The molecule has 2 heterocycles. The highest BCUT2D eigenvalue weighted by molar-refractivity contribution is 6.05. The second-order valence-electron chi connectivity index (χ2n) is 5.96. The summed E-state index contributed by atoms with van der Waals surface area (Å²) in [5, 5.41) is 3.71. The molecule has 2 aromatic carbocycles. The number of halogens is 1. The van der Waals surface area contributed by atoms with Crippen molar-refractivity contribution < 1.29 is 13.9 Å². The number of anilines is 3. The highest BCUT2D eigenvalue weighted by atomic mass is 19.1. The molecule has 0 atom stereocenters. The van der Waals surface area contributed by atoms with Crippen molar-refractivity contribution in [3.63, 3.8) is 0 Å². The van der Waals surface area contributed by atoms with E-state index in [2.05, 4.69) is 15.3 Å². The number of carbonyl (C=O) groups excluding carboxylic acids is 1. The lowest BCUT2D eigenvalue weighted by atomic mass is 10.1. The molecule has 132 valence electrons. The number of fused-ring (bicyclic) bond motifs is 2. The van der Waals surface area contributed by atoms with Crippen LogP contribution in [0.15, 0.2) is 42.5 Å². The standard InChI is InChI=1S/C19H17FN4O2/c1-12-21-15-5-3-2-4-14(15)19(22-12)24-11-18(25)23-16-10-13(26-9-8-20)6-7-17(16)24/h2-7,10H,8-9,11H2,1H3,(H,23,25). The van der Waals surface area contributed by atoms with Crippen molar-refractivity contribution in [1.82, 2.24) is 9.97 Å². The Kier molecular flexibility index (Phi) is 4.12. The maximum Gasteiger partial charge on any atom is 0.244 e. The van der Waals surface area contributed by atoms with E-state index >= 15 is 0 Å². The van der Waals surface area contributed by atoms with E-state index in [4.69, 9.17) is 4.74 Å². The van der Waals surface area contributed by atoms with Crippen LogP contribution in [-0.4, -0.2) is 35.7 Å². The van der Waals surface area contributed by atoms with Gasteiger partial charge in [-0.05, 0) is 31.2 Å². The number of hydrogen-bond acceptors (Lipinski definition) is 5. The molecule has 0 saturated heterocycles. The van der Waals surface area contributed by atoms with E-state index in [9.17, 15) is 9.18 Å². The molecular formula is C19H17FN4O2. The average Bonchev–Trinajstić information content (AvgIpc) is 2.64. The first kappa shape index (κ1) is 16.3. The van der Waals surface area contributed by atoms with Gasteiger partial charge in [0, 0.05) is 11.5 Å². The molecule has 7 heteroatoms. The van der Waals surface area contributed by atoms with E-state index in [1.54, 1.807) is 12.1 Å². The highest BCUT2D eigenvalue weighted by Crippen LogP contribution is 2.38. The summed E-state index contributed by atoms with van der Waals surface area (Å²) >= 11 is 0. The molecule has 1 aliphatic heterocycles. The van der Waals surface area contributed by atoms with Gasteiger partial charge in [0.1, 0.15) is 37.2 Å². The topological polar surface area (TPSA) is 67.4 Å². The Hall–Kier alpha value is -3.22. The van der Waals surface area contributed by atoms with Crippen LogP contribution in [0.5, 0.6) is 5.75 Å². The maximum absolute atomic E-state index is 12.3. The van der Waals surface area contributed by atoms with Gasteiger partial charge in [0.25, 0.3) is 0 Å². The summed E-state index contributed by atoms with van der Waals surface area (Å²) in [6.07, 6.45) is 0. The first-order valence-corrected chi connectivity index (χ1v) is 8.29. The summed E-state index contributed by atoms with van der Waals surface area (Å²) in [5.41, 5.74) is 2.24. The highest BCUT2D eigenvalue weighted by Gasteiger charge is 2.26. The number of hydrogen-bond donors (Lipinski definition) is 1. The molecule has 6 nitrogen and oxygen atoms in total. The first-order valence-electron chi connectivity index (χ1n) is 8.29. The zero-order valence-corrected chi connectivity index (χ0v) is 14.2. The van der Waals surface area contributed by atoms with Crippen LogP contribution in [0.4, 0.5) is 21.6 Å². The number of rotatable bonds is 4. The number of benzene rings is 2. The van der Waals surface area contributed by atoms with Crippen LogP contribution in [-0.2, 0) is 4.79 Å². The number of nitrogens with zero attached hydrogens (tertiary/aromatic N) is 3. The Balaban J connectivity index is 1.83. The Bertz CT molecular complexity index is 992. The fourth-order valence-electron chi connectivity index (χ4n) is 3.08. The van der Waals surface area contributed by atoms with Crippen molar-refractivity contribution in [1.29, 1.82) is 0 Å². The van der Waals surface area contributed by atoms with Crippen LogP contribution < -0.4 is 15.0 Å². The minimum Gasteiger partial charge on any atom is -0.491 e. The monoisotopic (exact) mass is 352 g/mol. The third-order valence-electron chi connectivity index (χ3n) is 4.13. The summed E-state index contributed by atoms with van der Waals surface area (Å²) < 4.78 is 17.6. The summed E-state index contributed by atoms with van der Waals surface area (Å²) in [4.78, 5) is 23.2. The van der Waals surface area contributed by atoms with Crippen LogP contribution in [0, 0.1) is 6.92 Å². The van der Waals surface area contributed by atoms with Crippen molar-refractivity contribution in [2.45, 2.75) is 6.92 Å². The zero-order chi connectivity index (χ0) is 18.1. The lowest BCUT2D eigenvalue weighted by molar-refractivity contribution is -0.115. The fraction of sp³-hybridized carbons (Fsp3) is 0.211. The average molecular weight is 352 g/mol. The predicted octanol–water partition coefficient (Wildman–Crippen LogP) is 3.38. The number of aromatic nitrogens is 2. The molecule has 0 spiro atoms. The smallest absolute Gasteiger partial charge is 0.244 e. The SMILES string of the molecule is Cc1nc(N2CC(=O)Nc3cc(OCCF)ccc32)c2ccccc2n1. The predicted molar refractivity (Wildman–Crippen MR) is 97.8 cm³/mol. The number of alkyl halides is 1. The maximum atomic E-state index is 12.3. The van der Waals surface area contributed by atoms with Crippen molar-refractivity contribution in [3.8, 4) is 5.75 Å². The number of ether oxygens (including phenoxy) is 1. The molecule has 1 amide bonds. The molecule has 0 radical (unpaired) electrons. The van der Waals surface area contributed by atoms with Crippen molar-refractivity contribution in [2.75, 3.05) is 30.0 Å². The molecule has 26 heavy (non-hydrogen) atoms. The molecule has 0 unspecified atom stereocenters. The van der Waals surface area contributed by atoms with Crippen LogP contribution in [0.3, 0.4) is 0 Å². The molecule has 0 bridgehead atoms. The van der Waals surface area contributed by atoms with Gasteiger partial charge in [-0.15, -0.1) is 0 Å². The van der Waals surface area contributed by atoms with E-state index in [0.717, 1.165) is 16.6 Å². The van der Waals surface area contributed by atoms with Crippen LogP contribution in [0.25, 0.3) is 10.9 Å². The van der Waals surface area contributed by atoms with Gasteiger partial charge in [0.2, 0.25) is 5.91 Å².